The predicted octanol–water partition coefficient (Wildman–Crippen LogP) is 2.72. The third-order valence-corrected chi connectivity index (χ3v) is 4.45. The normalized spacial score (nSPS) is 22.3. The molecule has 1 aromatic rings. The zero-order valence-corrected chi connectivity index (χ0v) is 12.2. The van der Waals surface area contributed by atoms with E-state index in [9.17, 15) is 0 Å². The van der Waals surface area contributed by atoms with Gasteiger partial charge in [-0.15, -0.1) is 0 Å². The van der Waals surface area contributed by atoms with Crippen molar-refractivity contribution in [1.82, 2.24) is 10.3 Å². The first kappa shape index (κ1) is 13.7. The third kappa shape index (κ3) is 2.89. The van der Waals surface area contributed by atoms with Gasteiger partial charge in [-0.1, -0.05) is 18.0 Å². The highest BCUT2D eigenvalue weighted by atomic mass is 35.5. The van der Waals surface area contributed by atoms with Gasteiger partial charge in [-0.25, -0.2) is 4.98 Å². The molecule has 1 aliphatic heterocycles. The van der Waals surface area contributed by atoms with Crippen molar-refractivity contribution in [2.75, 3.05) is 18.0 Å². The minimum atomic E-state index is 0.498. The number of nitrogens with one attached hydrogen (secondary N) is 1. The van der Waals surface area contributed by atoms with E-state index in [1.165, 1.54) is 32.1 Å². The monoisotopic (exact) mass is 290 g/mol. The van der Waals surface area contributed by atoms with Gasteiger partial charge < -0.3 is 10.2 Å². The van der Waals surface area contributed by atoms with Crippen molar-refractivity contribution < 1.29 is 0 Å². The largest absolute Gasteiger partial charge is 0.351 e. The fourth-order valence-electron chi connectivity index (χ4n) is 2.83. The molecule has 1 atom stereocenters. The highest BCUT2D eigenvalue weighted by molar-refractivity contribution is 6.34. The number of halogens is 1. The molecule has 3 rings (SSSR count). The second kappa shape index (κ2) is 5.99. The van der Waals surface area contributed by atoms with E-state index in [4.69, 9.17) is 16.9 Å². The number of pyridine rings is 1. The summed E-state index contributed by atoms with van der Waals surface area (Å²) in [6, 6.07) is 4.86. The van der Waals surface area contributed by atoms with E-state index >= 15 is 0 Å². The van der Waals surface area contributed by atoms with Crippen LogP contribution < -0.4 is 10.2 Å². The second-order valence-electron chi connectivity index (χ2n) is 5.64. The first-order chi connectivity index (χ1) is 9.79. The van der Waals surface area contributed by atoms with Gasteiger partial charge in [0.25, 0.3) is 0 Å². The van der Waals surface area contributed by atoms with Crippen LogP contribution in [-0.2, 0) is 0 Å². The molecule has 2 aliphatic rings. The van der Waals surface area contributed by atoms with Crippen LogP contribution >= 0.6 is 11.6 Å². The predicted molar refractivity (Wildman–Crippen MR) is 80.0 cm³/mol. The molecule has 0 amide bonds. The fourth-order valence-corrected chi connectivity index (χ4v) is 3.09. The van der Waals surface area contributed by atoms with Gasteiger partial charge in [-0.2, -0.15) is 5.26 Å². The second-order valence-corrected chi connectivity index (χ2v) is 6.02. The molecule has 2 fully saturated rings. The maximum Gasteiger partial charge on any atom is 0.149 e. The number of nitrogens with zero attached hydrogens (tertiary/aromatic N) is 3. The Bertz CT molecular complexity index is 515. The summed E-state index contributed by atoms with van der Waals surface area (Å²) in [4.78, 5) is 6.73. The molecule has 0 aromatic carbocycles. The van der Waals surface area contributed by atoms with Gasteiger partial charge in [0.1, 0.15) is 16.9 Å². The zero-order valence-electron chi connectivity index (χ0n) is 11.5. The molecule has 0 spiro atoms. The number of piperidine rings is 1. The number of aromatic nitrogens is 1. The molecule has 1 aromatic heterocycles. The highest BCUT2D eigenvalue weighted by Crippen LogP contribution is 2.35. The Morgan fingerprint density at radius 1 is 1.40 bits per heavy atom. The lowest BCUT2D eigenvalue weighted by Crippen LogP contribution is -2.45. The summed E-state index contributed by atoms with van der Waals surface area (Å²) in [6.07, 6.45) is 7.84. The van der Waals surface area contributed by atoms with Crippen LogP contribution in [0.25, 0.3) is 0 Å². The molecule has 106 valence electrons. The van der Waals surface area contributed by atoms with Gasteiger partial charge >= 0.3 is 0 Å². The molecule has 2 heterocycles. The minimum absolute atomic E-state index is 0.498. The van der Waals surface area contributed by atoms with Crippen molar-refractivity contribution in [2.45, 2.75) is 44.2 Å². The van der Waals surface area contributed by atoms with Gasteiger partial charge in [0.05, 0.1) is 5.56 Å². The average Bonchev–Trinajstić information content (AvgIpc) is 3.31. The summed E-state index contributed by atoms with van der Waals surface area (Å²) in [6.45, 7) is 2.04. The van der Waals surface area contributed by atoms with E-state index in [1.807, 2.05) is 0 Å². The number of nitriles is 1. The van der Waals surface area contributed by atoms with Gasteiger partial charge in [-0.3, -0.25) is 0 Å². The van der Waals surface area contributed by atoms with Crippen molar-refractivity contribution in [3.8, 4) is 6.07 Å². The molecule has 1 saturated heterocycles. The number of hydrogen-bond acceptors (Lipinski definition) is 4. The molecule has 0 radical (unpaired) electrons. The van der Waals surface area contributed by atoms with Crippen LogP contribution in [0, 0.1) is 11.3 Å². The Morgan fingerprint density at radius 3 is 2.90 bits per heavy atom. The zero-order chi connectivity index (χ0) is 13.9. The van der Waals surface area contributed by atoms with E-state index in [1.54, 1.807) is 12.3 Å². The fraction of sp³-hybridized carbons (Fsp3) is 0.600. The smallest absolute Gasteiger partial charge is 0.149 e. The maximum atomic E-state index is 9.11. The molecule has 4 nitrogen and oxygen atoms in total. The maximum absolute atomic E-state index is 9.11. The van der Waals surface area contributed by atoms with Gasteiger partial charge in [0.2, 0.25) is 0 Å². The van der Waals surface area contributed by atoms with Crippen LogP contribution in [0.1, 0.15) is 37.7 Å². The number of rotatable bonds is 4. The van der Waals surface area contributed by atoms with Gasteiger partial charge in [0, 0.05) is 24.8 Å². The van der Waals surface area contributed by atoms with Crippen molar-refractivity contribution in [1.29, 1.82) is 5.26 Å². The molecular weight excluding hydrogens is 272 g/mol. The number of hydrogen-bond donors (Lipinski definition) is 1. The Kier molecular flexibility index (Phi) is 4.09. The minimum Gasteiger partial charge on any atom is -0.351 e. The average molecular weight is 291 g/mol. The lowest BCUT2D eigenvalue weighted by Gasteiger charge is -2.32. The Morgan fingerprint density at radius 2 is 2.25 bits per heavy atom. The van der Waals surface area contributed by atoms with Crippen LogP contribution in [0.15, 0.2) is 12.3 Å². The molecule has 1 aliphatic carbocycles. The van der Waals surface area contributed by atoms with E-state index in [-0.39, 0.29) is 0 Å². The van der Waals surface area contributed by atoms with Crippen LogP contribution in [0.2, 0.25) is 5.02 Å². The molecule has 1 saturated carbocycles. The van der Waals surface area contributed by atoms with E-state index in [0.717, 1.165) is 18.9 Å². The molecule has 0 bridgehead atoms. The summed E-state index contributed by atoms with van der Waals surface area (Å²) in [5, 5.41) is 13.2. The van der Waals surface area contributed by atoms with E-state index < -0.39 is 0 Å². The SMILES string of the molecule is N#Cc1ccnc(N(CC2CCCCN2)C2CC2)c1Cl. The van der Waals surface area contributed by atoms with Crippen molar-refractivity contribution in [3.63, 3.8) is 0 Å². The van der Waals surface area contributed by atoms with Crippen LogP contribution in [0.4, 0.5) is 5.82 Å². The lowest BCUT2D eigenvalue weighted by molar-refractivity contribution is 0.397. The summed E-state index contributed by atoms with van der Waals surface area (Å²) in [5.74, 6) is 0.778. The van der Waals surface area contributed by atoms with Crippen molar-refractivity contribution >= 4 is 17.4 Å². The van der Waals surface area contributed by atoms with Gasteiger partial charge in [0.15, 0.2) is 0 Å². The molecule has 5 heteroatoms. The third-order valence-electron chi connectivity index (χ3n) is 4.08. The molecule has 1 unspecified atom stereocenters. The van der Waals surface area contributed by atoms with Crippen LogP contribution in [-0.4, -0.2) is 30.2 Å². The van der Waals surface area contributed by atoms with Crippen molar-refractivity contribution in [2.24, 2.45) is 0 Å². The molecule has 1 N–H and O–H groups in total. The first-order valence-corrected chi connectivity index (χ1v) is 7.72. The van der Waals surface area contributed by atoms with Gasteiger partial charge in [-0.05, 0) is 38.3 Å². The standard InChI is InChI=1S/C15H19ClN4/c16-14-11(9-17)6-8-19-15(14)20(13-4-5-13)10-12-3-1-2-7-18-12/h6,8,12-13,18H,1-5,7,10H2. The summed E-state index contributed by atoms with van der Waals surface area (Å²) in [7, 11) is 0. The molecule has 20 heavy (non-hydrogen) atoms. The van der Waals surface area contributed by atoms with E-state index in [2.05, 4.69) is 21.3 Å². The summed E-state index contributed by atoms with van der Waals surface area (Å²) < 4.78 is 0. The Balaban J connectivity index is 1.81. The summed E-state index contributed by atoms with van der Waals surface area (Å²) >= 11 is 6.35. The van der Waals surface area contributed by atoms with Crippen LogP contribution in [0.3, 0.4) is 0 Å². The first-order valence-electron chi connectivity index (χ1n) is 7.34. The van der Waals surface area contributed by atoms with Crippen molar-refractivity contribution in [3.05, 3.63) is 22.8 Å². The van der Waals surface area contributed by atoms with E-state index in [0.29, 0.717) is 22.7 Å². The Labute approximate surface area is 124 Å². The van der Waals surface area contributed by atoms with Crippen LogP contribution in [0.5, 0.6) is 0 Å². The quantitative estimate of drug-likeness (QED) is 0.926. The topological polar surface area (TPSA) is 52.0 Å². The lowest BCUT2D eigenvalue weighted by atomic mass is 10.0. The number of anilines is 1. The summed E-state index contributed by atoms with van der Waals surface area (Å²) in [5.41, 5.74) is 0.513. The Hall–Kier alpha value is -1.31. The molecular formula is C15H19ClN4. The highest BCUT2D eigenvalue weighted by Gasteiger charge is 2.33.